The van der Waals surface area contributed by atoms with E-state index in [9.17, 15) is 8.42 Å². The topological polar surface area (TPSA) is 46.2 Å². The molecule has 0 aliphatic carbocycles. The SMILES string of the molecule is CC(C)c1ccc(C(C)NS(=O)(=O)c2ccccc2)cc1. The molecule has 21 heavy (non-hydrogen) atoms. The first kappa shape index (κ1) is 15.7. The molecule has 0 radical (unpaired) electrons. The number of rotatable bonds is 5. The van der Waals surface area contributed by atoms with E-state index in [1.165, 1.54) is 5.56 Å². The van der Waals surface area contributed by atoms with Crippen molar-refractivity contribution in [2.45, 2.75) is 37.6 Å². The predicted molar refractivity (Wildman–Crippen MR) is 85.7 cm³/mol. The van der Waals surface area contributed by atoms with Crippen molar-refractivity contribution in [2.24, 2.45) is 0 Å². The van der Waals surface area contributed by atoms with Gasteiger partial charge < -0.3 is 0 Å². The molecule has 0 fully saturated rings. The second kappa shape index (κ2) is 6.41. The van der Waals surface area contributed by atoms with Gasteiger partial charge in [-0.2, -0.15) is 0 Å². The smallest absolute Gasteiger partial charge is 0.207 e. The van der Waals surface area contributed by atoms with E-state index in [4.69, 9.17) is 0 Å². The molecule has 0 amide bonds. The van der Waals surface area contributed by atoms with Crippen LogP contribution in [0.1, 0.15) is 43.9 Å². The first-order valence-electron chi connectivity index (χ1n) is 7.07. The normalized spacial score (nSPS) is 13.3. The van der Waals surface area contributed by atoms with Crippen LogP contribution >= 0.6 is 0 Å². The summed E-state index contributed by atoms with van der Waals surface area (Å²) in [5.41, 5.74) is 2.20. The third-order valence-corrected chi connectivity index (χ3v) is 5.05. The molecule has 0 aromatic heterocycles. The molecular formula is C17H21NO2S. The first-order chi connectivity index (χ1) is 9.90. The average Bonchev–Trinajstić information content (AvgIpc) is 2.48. The Bertz CT molecular complexity index is 676. The Kier molecular flexibility index (Phi) is 4.80. The van der Waals surface area contributed by atoms with Gasteiger partial charge in [-0.15, -0.1) is 0 Å². The predicted octanol–water partition coefficient (Wildman–Crippen LogP) is 3.85. The maximum Gasteiger partial charge on any atom is 0.241 e. The lowest BCUT2D eigenvalue weighted by molar-refractivity contribution is 0.567. The van der Waals surface area contributed by atoms with E-state index in [1.54, 1.807) is 30.3 Å². The van der Waals surface area contributed by atoms with Crippen molar-refractivity contribution in [3.63, 3.8) is 0 Å². The number of hydrogen-bond donors (Lipinski definition) is 1. The van der Waals surface area contributed by atoms with Gasteiger partial charge in [-0.05, 0) is 36.1 Å². The maximum absolute atomic E-state index is 12.3. The van der Waals surface area contributed by atoms with Gasteiger partial charge in [0, 0.05) is 6.04 Å². The largest absolute Gasteiger partial charge is 0.241 e. The van der Waals surface area contributed by atoms with E-state index in [-0.39, 0.29) is 10.9 Å². The van der Waals surface area contributed by atoms with Gasteiger partial charge in [0.2, 0.25) is 10.0 Å². The number of sulfonamides is 1. The van der Waals surface area contributed by atoms with Gasteiger partial charge >= 0.3 is 0 Å². The lowest BCUT2D eigenvalue weighted by Crippen LogP contribution is -2.26. The highest BCUT2D eigenvalue weighted by atomic mass is 32.2. The summed E-state index contributed by atoms with van der Waals surface area (Å²) in [7, 11) is -3.48. The van der Waals surface area contributed by atoms with Crippen LogP contribution in [0.15, 0.2) is 59.5 Å². The fraction of sp³-hybridized carbons (Fsp3) is 0.294. The molecule has 2 aromatic rings. The molecule has 0 saturated carbocycles. The van der Waals surface area contributed by atoms with Gasteiger partial charge in [-0.1, -0.05) is 56.3 Å². The molecule has 0 saturated heterocycles. The van der Waals surface area contributed by atoms with Gasteiger partial charge in [0.15, 0.2) is 0 Å². The zero-order valence-corrected chi connectivity index (χ0v) is 13.4. The Labute approximate surface area is 127 Å². The standard InChI is InChI=1S/C17H21NO2S/c1-13(2)15-9-11-16(12-10-15)14(3)18-21(19,20)17-7-5-4-6-8-17/h4-14,18H,1-3H3. The summed E-state index contributed by atoms with van der Waals surface area (Å²) < 4.78 is 27.3. The average molecular weight is 303 g/mol. The number of hydrogen-bond acceptors (Lipinski definition) is 2. The summed E-state index contributed by atoms with van der Waals surface area (Å²) in [5, 5.41) is 0. The van der Waals surface area contributed by atoms with Crippen LogP contribution in [0.5, 0.6) is 0 Å². The first-order valence-corrected chi connectivity index (χ1v) is 8.55. The zero-order valence-electron chi connectivity index (χ0n) is 12.6. The highest BCUT2D eigenvalue weighted by molar-refractivity contribution is 7.89. The lowest BCUT2D eigenvalue weighted by Gasteiger charge is -2.15. The van der Waals surface area contributed by atoms with Crippen LogP contribution in [0.4, 0.5) is 0 Å². The molecule has 0 aliphatic heterocycles. The third-order valence-electron chi connectivity index (χ3n) is 3.49. The highest BCUT2D eigenvalue weighted by Gasteiger charge is 2.17. The molecule has 112 valence electrons. The summed E-state index contributed by atoms with van der Waals surface area (Å²) >= 11 is 0. The van der Waals surface area contributed by atoms with Gasteiger partial charge in [0.1, 0.15) is 0 Å². The van der Waals surface area contributed by atoms with Gasteiger partial charge in [-0.3, -0.25) is 0 Å². The van der Waals surface area contributed by atoms with Crippen LogP contribution in [-0.2, 0) is 10.0 Å². The fourth-order valence-corrected chi connectivity index (χ4v) is 3.39. The second-order valence-corrected chi connectivity index (χ2v) is 7.19. The minimum Gasteiger partial charge on any atom is -0.207 e. The van der Waals surface area contributed by atoms with Gasteiger partial charge in [0.05, 0.1) is 4.90 Å². The molecule has 4 heteroatoms. The van der Waals surface area contributed by atoms with Crippen molar-refractivity contribution >= 4 is 10.0 Å². The van der Waals surface area contributed by atoms with Crippen LogP contribution in [0, 0.1) is 0 Å². The van der Waals surface area contributed by atoms with Crippen LogP contribution in [0.25, 0.3) is 0 Å². The van der Waals surface area contributed by atoms with Crippen molar-refractivity contribution in [1.82, 2.24) is 4.72 Å². The van der Waals surface area contributed by atoms with Crippen LogP contribution in [-0.4, -0.2) is 8.42 Å². The van der Waals surface area contributed by atoms with Crippen LogP contribution in [0.3, 0.4) is 0 Å². The molecular weight excluding hydrogens is 282 g/mol. The summed E-state index contributed by atoms with van der Waals surface area (Å²) in [6.07, 6.45) is 0. The summed E-state index contributed by atoms with van der Waals surface area (Å²) in [6, 6.07) is 16.2. The summed E-state index contributed by atoms with van der Waals surface area (Å²) in [6.45, 7) is 6.12. The van der Waals surface area contributed by atoms with Crippen molar-refractivity contribution in [3.05, 3.63) is 65.7 Å². The minimum absolute atomic E-state index is 0.267. The fourth-order valence-electron chi connectivity index (χ4n) is 2.14. The maximum atomic E-state index is 12.3. The van der Waals surface area contributed by atoms with Crippen molar-refractivity contribution < 1.29 is 8.42 Å². The molecule has 1 unspecified atom stereocenters. The zero-order chi connectivity index (χ0) is 15.5. The third kappa shape index (κ3) is 3.93. The van der Waals surface area contributed by atoms with E-state index in [2.05, 4.69) is 18.6 Å². The monoisotopic (exact) mass is 303 g/mol. The van der Waals surface area contributed by atoms with Crippen molar-refractivity contribution in [2.75, 3.05) is 0 Å². The van der Waals surface area contributed by atoms with Crippen LogP contribution < -0.4 is 4.72 Å². The molecule has 1 N–H and O–H groups in total. The Morgan fingerprint density at radius 3 is 1.86 bits per heavy atom. The molecule has 0 spiro atoms. The van der Waals surface area contributed by atoms with Crippen molar-refractivity contribution in [3.8, 4) is 0 Å². The van der Waals surface area contributed by atoms with Gasteiger partial charge in [-0.25, -0.2) is 13.1 Å². The molecule has 2 rings (SSSR count). The van der Waals surface area contributed by atoms with Crippen LogP contribution in [0.2, 0.25) is 0 Å². The quantitative estimate of drug-likeness (QED) is 0.912. The highest BCUT2D eigenvalue weighted by Crippen LogP contribution is 2.20. The molecule has 3 nitrogen and oxygen atoms in total. The minimum atomic E-state index is -3.48. The molecule has 0 bridgehead atoms. The summed E-state index contributed by atoms with van der Waals surface area (Å²) in [4.78, 5) is 0.288. The Morgan fingerprint density at radius 1 is 0.810 bits per heavy atom. The Morgan fingerprint density at radius 2 is 1.33 bits per heavy atom. The van der Waals surface area contributed by atoms with Gasteiger partial charge in [0.25, 0.3) is 0 Å². The Hall–Kier alpha value is -1.65. The Balaban J connectivity index is 2.16. The number of benzene rings is 2. The molecule has 1 atom stereocenters. The lowest BCUT2D eigenvalue weighted by atomic mass is 10.00. The van der Waals surface area contributed by atoms with E-state index in [0.717, 1.165) is 5.56 Å². The van der Waals surface area contributed by atoms with E-state index >= 15 is 0 Å². The van der Waals surface area contributed by atoms with Crippen molar-refractivity contribution in [1.29, 1.82) is 0 Å². The van der Waals surface area contributed by atoms with E-state index < -0.39 is 10.0 Å². The molecule has 0 heterocycles. The summed E-state index contributed by atoms with van der Waals surface area (Å²) in [5.74, 6) is 0.468. The number of nitrogens with one attached hydrogen (secondary N) is 1. The van der Waals surface area contributed by atoms with E-state index in [1.807, 2.05) is 31.2 Å². The molecule has 2 aromatic carbocycles. The van der Waals surface area contributed by atoms with E-state index in [0.29, 0.717) is 5.92 Å². The second-order valence-electron chi connectivity index (χ2n) is 5.48. The molecule has 0 aliphatic rings.